The highest BCUT2D eigenvalue weighted by molar-refractivity contribution is 5.96. The van der Waals surface area contributed by atoms with E-state index in [1.165, 1.54) is 12.8 Å². The number of carbonyl (C=O) groups excluding carboxylic acids is 1. The molecule has 4 rings (SSSR count). The third-order valence-corrected chi connectivity index (χ3v) is 7.03. The van der Waals surface area contributed by atoms with Crippen LogP contribution in [0.4, 0.5) is 5.82 Å². The fraction of sp³-hybridized carbons (Fsp3) is 0.667. The predicted octanol–water partition coefficient (Wildman–Crippen LogP) is 2.34. The highest BCUT2D eigenvalue weighted by atomic mass is 16.2. The third-order valence-electron chi connectivity index (χ3n) is 7.03. The Hall–Kier alpha value is -2.32. The molecule has 4 heterocycles. The average molecular weight is 440 g/mol. The molecule has 0 radical (unpaired) electrons. The Morgan fingerprint density at radius 2 is 1.66 bits per heavy atom. The first-order chi connectivity index (χ1) is 15.4. The van der Waals surface area contributed by atoms with Crippen LogP contribution in [0.3, 0.4) is 0 Å². The van der Waals surface area contributed by atoms with E-state index in [1.54, 1.807) is 0 Å². The van der Waals surface area contributed by atoms with Gasteiger partial charge in [-0.05, 0) is 72.3 Å². The van der Waals surface area contributed by atoms with Crippen molar-refractivity contribution in [3.8, 4) is 0 Å². The second kappa shape index (κ2) is 9.67. The van der Waals surface area contributed by atoms with Gasteiger partial charge in [0.05, 0.1) is 5.39 Å². The van der Waals surface area contributed by atoms with Gasteiger partial charge in [-0.15, -0.1) is 0 Å². The average Bonchev–Trinajstić information content (AvgIpc) is 2.79. The van der Waals surface area contributed by atoms with Crippen molar-refractivity contribution >= 4 is 22.8 Å². The molecule has 32 heavy (non-hydrogen) atoms. The van der Waals surface area contributed by atoms with Gasteiger partial charge in [0.15, 0.2) is 5.65 Å². The van der Waals surface area contributed by atoms with Crippen molar-refractivity contribution in [1.82, 2.24) is 29.7 Å². The summed E-state index contributed by atoms with van der Waals surface area (Å²) in [5, 5.41) is 0.947. The lowest BCUT2D eigenvalue weighted by molar-refractivity contribution is 0.0466. The summed E-state index contributed by atoms with van der Waals surface area (Å²) in [5.41, 5.74) is 2.62. The quantitative estimate of drug-likeness (QED) is 0.708. The molecule has 8 nitrogen and oxygen atoms in total. The lowest BCUT2D eigenvalue weighted by Gasteiger charge is -2.42. The smallest absolute Gasteiger partial charge is 0.291 e. The first kappa shape index (κ1) is 22.9. The zero-order valence-electron chi connectivity index (χ0n) is 20.3. The lowest BCUT2D eigenvalue weighted by atomic mass is 10.0. The van der Waals surface area contributed by atoms with Crippen LogP contribution < -0.4 is 4.90 Å². The van der Waals surface area contributed by atoms with Crippen LogP contribution in [0.15, 0.2) is 6.07 Å². The molecule has 2 aliphatic heterocycles. The van der Waals surface area contributed by atoms with Crippen LogP contribution in [0.1, 0.15) is 48.6 Å². The SMILES string of the molecule is CCN(CC)c1nc(C(=O)N2CCN(C3CCN(C)CC3)CC2)nc2nc(C)cc(C)c12. The van der Waals surface area contributed by atoms with Crippen LogP contribution in [0, 0.1) is 13.8 Å². The van der Waals surface area contributed by atoms with E-state index in [9.17, 15) is 4.79 Å². The largest absolute Gasteiger partial charge is 0.356 e. The first-order valence-corrected chi connectivity index (χ1v) is 12.0. The highest BCUT2D eigenvalue weighted by Crippen LogP contribution is 2.27. The molecule has 0 spiro atoms. The molecule has 2 aliphatic rings. The van der Waals surface area contributed by atoms with Crippen molar-refractivity contribution in [3.05, 3.63) is 23.1 Å². The number of hydrogen-bond donors (Lipinski definition) is 0. The van der Waals surface area contributed by atoms with Gasteiger partial charge in [-0.25, -0.2) is 15.0 Å². The summed E-state index contributed by atoms with van der Waals surface area (Å²) < 4.78 is 0. The van der Waals surface area contributed by atoms with Gasteiger partial charge < -0.3 is 14.7 Å². The fourth-order valence-corrected chi connectivity index (χ4v) is 5.10. The maximum atomic E-state index is 13.4. The minimum atomic E-state index is -0.0794. The van der Waals surface area contributed by atoms with E-state index >= 15 is 0 Å². The molecule has 0 N–H and O–H groups in total. The van der Waals surface area contributed by atoms with Gasteiger partial charge in [0.25, 0.3) is 5.91 Å². The van der Waals surface area contributed by atoms with Gasteiger partial charge in [0.2, 0.25) is 5.82 Å². The zero-order valence-corrected chi connectivity index (χ0v) is 20.3. The van der Waals surface area contributed by atoms with Crippen molar-refractivity contribution in [2.45, 2.75) is 46.6 Å². The number of carbonyl (C=O) groups is 1. The van der Waals surface area contributed by atoms with Crippen LogP contribution in [-0.2, 0) is 0 Å². The van der Waals surface area contributed by atoms with E-state index in [2.05, 4.69) is 58.6 Å². The summed E-state index contributed by atoms with van der Waals surface area (Å²) in [6.07, 6.45) is 2.44. The molecule has 0 bridgehead atoms. The van der Waals surface area contributed by atoms with E-state index in [-0.39, 0.29) is 11.7 Å². The van der Waals surface area contributed by atoms with Crippen molar-refractivity contribution < 1.29 is 4.79 Å². The van der Waals surface area contributed by atoms with Gasteiger partial charge in [-0.3, -0.25) is 9.69 Å². The molecule has 0 saturated carbocycles. The number of amides is 1. The number of likely N-dealkylation sites (tertiary alicyclic amines) is 1. The van der Waals surface area contributed by atoms with E-state index in [1.807, 2.05) is 11.8 Å². The lowest BCUT2D eigenvalue weighted by Crippen LogP contribution is -2.54. The Morgan fingerprint density at radius 1 is 1.00 bits per heavy atom. The maximum Gasteiger partial charge on any atom is 0.291 e. The number of aryl methyl sites for hydroxylation is 2. The van der Waals surface area contributed by atoms with E-state index in [4.69, 9.17) is 4.98 Å². The van der Waals surface area contributed by atoms with Crippen molar-refractivity contribution in [1.29, 1.82) is 0 Å². The van der Waals surface area contributed by atoms with Crippen molar-refractivity contribution in [3.63, 3.8) is 0 Å². The van der Waals surface area contributed by atoms with Crippen molar-refractivity contribution in [2.75, 3.05) is 64.3 Å². The third kappa shape index (κ3) is 4.57. The molecule has 2 aromatic rings. The van der Waals surface area contributed by atoms with Crippen LogP contribution in [0.5, 0.6) is 0 Å². The van der Waals surface area contributed by atoms with Crippen LogP contribution >= 0.6 is 0 Å². The van der Waals surface area contributed by atoms with Crippen LogP contribution in [0.25, 0.3) is 11.0 Å². The molecular formula is C24H37N7O. The summed E-state index contributed by atoms with van der Waals surface area (Å²) in [6, 6.07) is 2.70. The van der Waals surface area contributed by atoms with Gasteiger partial charge in [-0.2, -0.15) is 0 Å². The minimum Gasteiger partial charge on any atom is -0.356 e. The summed E-state index contributed by atoms with van der Waals surface area (Å²) in [7, 11) is 2.20. The number of piperidine rings is 1. The predicted molar refractivity (Wildman–Crippen MR) is 128 cm³/mol. The van der Waals surface area contributed by atoms with E-state index in [0.29, 0.717) is 11.7 Å². The maximum absolute atomic E-state index is 13.4. The zero-order chi connectivity index (χ0) is 22.8. The molecule has 0 atom stereocenters. The standard InChI is InChI=1S/C24H37N7O/c1-6-29(7-2)23-20-17(3)16-18(4)25-21(20)26-22(27-23)24(32)31-14-12-30(13-15-31)19-8-10-28(5)11-9-19/h16,19H,6-15H2,1-5H3. The van der Waals surface area contributed by atoms with Gasteiger partial charge in [-0.1, -0.05) is 0 Å². The number of aromatic nitrogens is 3. The van der Waals surface area contributed by atoms with Crippen molar-refractivity contribution in [2.24, 2.45) is 0 Å². The Morgan fingerprint density at radius 3 is 2.28 bits per heavy atom. The first-order valence-electron chi connectivity index (χ1n) is 12.0. The minimum absolute atomic E-state index is 0.0794. The van der Waals surface area contributed by atoms with Gasteiger partial charge in [0, 0.05) is 51.0 Å². The van der Waals surface area contributed by atoms with Crippen LogP contribution in [0.2, 0.25) is 0 Å². The molecule has 2 aromatic heterocycles. The second-order valence-electron chi connectivity index (χ2n) is 9.18. The Kier molecular flexibility index (Phi) is 6.90. The van der Waals surface area contributed by atoms with Gasteiger partial charge >= 0.3 is 0 Å². The molecule has 2 saturated heterocycles. The second-order valence-corrected chi connectivity index (χ2v) is 9.18. The number of fused-ring (bicyclic) bond motifs is 1. The number of pyridine rings is 1. The molecule has 0 aliphatic carbocycles. The van der Waals surface area contributed by atoms with E-state index < -0.39 is 0 Å². The number of anilines is 1. The monoisotopic (exact) mass is 439 g/mol. The normalized spacial score (nSPS) is 19.0. The van der Waals surface area contributed by atoms with Gasteiger partial charge in [0.1, 0.15) is 5.82 Å². The Balaban J connectivity index is 1.56. The molecule has 174 valence electrons. The molecule has 1 amide bonds. The van der Waals surface area contributed by atoms with E-state index in [0.717, 1.165) is 74.8 Å². The number of nitrogens with zero attached hydrogens (tertiary/aromatic N) is 7. The number of hydrogen-bond acceptors (Lipinski definition) is 7. The topological polar surface area (TPSA) is 68.7 Å². The fourth-order valence-electron chi connectivity index (χ4n) is 5.10. The highest BCUT2D eigenvalue weighted by Gasteiger charge is 2.30. The molecule has 0 aromatic carbocycles. The van der Waals surface area contributed by atoms with Crippen LogP contribution in [-0.4, -0.2) is 101 Å². The summed E-state index contributed by atoms with van der Waals surface area (Å²) in [5.74, 6) is 1.01. The number of rotatable bonds is 5. The summed E-state index contributed by atoms with van der Waals surface area (Å²) in [6.45, 7) is 15.5. The molecular weight excluding hydrogens is 402 g/mol. The Bertz CT molecular complexity index is 958. The summed E-state index contributed by atoms with van der Waals surface area (Å²) in [4.78, 5) is 36.6. The molecule has 8 heteroatoms. The molecule has 0 unspecified atom stereocenters. The summed E-state index contributed by atoms with van der Waals surface area (Å²) >= 11 is 0. The Labute approximate surface area is 191 Å². The molecule has 2 fully saturated rings. The number of piperazine rings is 1.